The number of nitrogens with zero attached hydrogens (tertiary/aromatic N) is 4. The highest BCUT2D eigenvalue weighted by Crippen LogP contribution is 2.39. The smallest absolute Gasteiger partial charge is 0.244 e. The van der Waals surface area contributed by atoms with Crippen molar-refractivity contribution in [1.29, 1.82) is 0 Å². The number of amides is 1. The Hall–Kier alpha value is -2.14. The molecule has 5 nitrogen and oxygen atoms in total. The van der Waals surface area contributed by atoms with Gasteiger partial charge in [-0.2, -0.15) is 5.10 Å². The standard InChI is InChI=1S/C21H28N4O/c26-20(16-25-13-5-11-22-25)24-15-10-21(18-24)9-4-12-23(17-21)14-8-19-6-2-1-3-7-19/h1-3,5-7,11,13H,4,8-10,12,14-18H2. The van der Waals surface area contributed by atoms with Crippen LogP contribution in [0.3, 0.4) is 0 Å². The molecule has 26 heavy (non-hydrogen) atoms. The number of aromatic nitrogens is 2. The van der Waals surface area contributed by atoms with Crippen molar-refractivity contribution in [3.8, 4) is 0 Å². The Bertz CT molecular complexity index is 715. The van der Waals surface area contributed by atoms with E-state index in [9.17, 15) is 4.79 Å². The van der Waals surface area contributed by atoms with Crippen LogP contribution in [0.5, 0.6) is 0 Å². The lowest BCUT2D eigenvalue weighted by Crippen LogP contribution is -2.46. The van der Waals surface area contributed by atoms with Gasteiger partial charge in [-0.05, 0) is 43.9 Å². The zero-order valence-corrected chi connectivity index (χ0v) is 15.4. The van der Waals surface area contributed by atoms with Crippen LogP contribution in [0.25, 0.3) is 0 Å². The Morgan fingerprint density at radius 2 is 1.96 bits per heavy atom. The predicted octanol–water partition coefficient (Wildman–Crippen LogP) is 2.44. The quantitative estimate of drug-likeness (QED) is 0.830. The topological polar surface area (TPSA) is 41.4 Å². The van der Waals surface area contributed by atoms with Crippen molar-refractivity contribution in [3.05, 3.63) is 54.4 Å². The second-order valence-corrected chi connectivity index (χ2v) is 7.88. The number of hydrogen-bond donors (Lipinski definition) is 0. The van der Waals surface area contributed by atoms with Gasteiger partial charge in [-0.15, -0.1) is 0 Å². The zero-order valence-electron chi connectivity index (χ0n) is 15.4. The van der Waals surface area contributed by atoms with Gasteiger partial charge in [-0.3, -0.25) is 9.48 Å². The number of carbonyl (C=O) groups is 1. The molecule has 0 bridgehead atoms. The van der Waals surface area contributed by atoms with Crippen molar-refractivity contribution in [2.75, 3.05) is 32.7 Å². The second-order valence-electron chi connectivity index (χ2n) is 7.88. The number of rotatable bonds is 5. The highest BCUT2D eigenvalue weighted by atomic mass is 16.2. The van der Waals surface area contributed by atoms with Crippen LogP contribution < -0.4 is 0 Å². The molecular weight excluding hydrogens is 324 g/mol. The van der Waals surface area contributed by atoms with Crippen LogP contribution in [0.4, 0.5) is 0 Å². The van der Waals surface area contributed by atoms with Crippen LogP contribution in [-0.2, 0) is 17.8 Å². The van der Waals surface area contributed by atoms with Crippen LogP contribution in [0.15, 0.2) is 48.8 Å². The SMILES string of the molecule is O=C(Cn1cccn1)N1CCC2(CCCN(CCc3ccccc3)C2)C1. The third kappa shape index (κ3) is 3.98. The molecule has 1 aromatic carbocycles. The third-order valence-corrected chi connectivity index (χ3v) is 5.95. The molecule has 1 spiro atoms. The number of carbonyl (C=O) groups excluding carboxylic acids is 1. The molecule has 1 amide bonds. The summed E-state index contributed by atoms with van der Waals surface area (Å²) in [4.78, 5) is 17.2. The molecule has 0 radical (unpaired) electrons. The molecule has 0 N–H and O–H groups in total. The average Bonchev–Trinajstić information content (AvgIpc) is 3.31. The Morgan fingerprint density at radius 3 is 2.77 bits per heavy atom. The molecule has 2 fully saturated rings. The minimum absolute atomic E-state index is 0.201. The van der Waals surface area contributed by atoms with Crippen molar-refractivity contribution in [3.63, 3.8) is 0 Å². The van der Waals surface area contributed by atoms with Crippen molar-refractivity contribution in [1.82, 2.24) is 19.6 Å². The van der Waals surface area contributed by atoms with Crippen molar-refractivity contribution in [2.24, 2.45) is 5.41 Å². The maximum Gasteiger partial charge on any atom is 0.244 e. The molecule has 2 aliphatic heterocycles. The third-order valence-electron chi connectivity index (χ3n) is 5.95. The molecule has 5 heteroatoms. The minimum atomic E-state index is 0.201. The highest BCUT2D eigenvalue weighted by Gasteiger charge is 2.42. The highest BCUT2D eigenvalue weighted by molar-refractivity contribution is 5.76. The number of hydrogen-bond acceptors (Lipinski definition) is 3. The molecule has 0 aliphatic carbocycles. The van der Waals surface area contributed by atoms with Gasteiger partial charge in [0.05, 0.1) is 0 Å². The predicted molar refractivity (Wildman–Crippen MR) is 102 cm³/mol. The van der Waals surface area contributed by atoms with Crippen molar-refractivity contribution in [2.45, 2.75) is 32.2 Å². The first-order valence-corrected chi connectivity index (χ1v) is 9.74. The van der Waals surface area contributed by atoms with E-state index in [0.29, 0.717) is 12.0 Å². The van der Waals surface area contributed by atoms with E-state index in [0.717, 1.165) is 39.0 Å². The fourth-order valence-electron chi connectivity index (χ4n) is 4.55. The molecular formula is C21H28N4O. The van der Waals surface area contributed by atoms with Crippen LogP contribution in [-0.4, -0.2) is 58.2 Å². The average molecular weight is 352 g/mol. The van der Waals surface area contributed by atoms with Crippen LogP contribution in [0.2, 0.25) is 0 Å². The lowest BCUT2D eigenvalue weighted by Gasteiger charge is -2.40. The molecule has 4 rings (SSSR count). The Balaban J connectivity index is 1.31. The summed E-state index contributed by atoms with van der Waals surface area (Å²) in [5, 5.41) is 4.16. The second kappa shape index (κ2) is 7.62. The van der Waals surface area contributed by atoms with E-state index in [1.54, 1.807) is 10.9 Å². The number of likely N-dealkylation sites (tertiary alicyclic amines) is 2. The summed E-state index contributed by atoms with van der Waals surface area (Å²) in [7, 11) is 0. The minimum Gasteiger partial charge on any atom is -0.340 e. The van der Waals surface area contributed by atoms with E-state index in [1.165, 1.54) is 24.9 Å². The van der Waals surface area contributed by atoms with E-state index in [-0.39, 0.29) is 5.91 Å². The molecule has 1 unspecified atom stereocenters. The van der Waals surface area contributed by atoms with E-state index in [4.69, 9.17) is 0 Å². The summed E-state index contributed by atoms with van der Waals surface area (Å²) in [6.07, 6.45) is 8.33. The van der Waals surface area contributed by atoms with Gasteiger partial charge in [-0.25, -0.2) is 0 Å². The van der Waals surface area contributed by atoms with Gasteiger partial charge in [-0.1, -0.05) is 30.3 Å². The van der Waals surface area contributed by atoms with Gasteiger partial charge >= 0.3 is 0 Å². The first-order chi connectivity index (χ1) is 12.7. The first kappa shape index (κ1) is 17.3. The molecule has 1 atom stereocenters. The summed E-state index contributed by atoms with van der Waals surface area (Å²) in [5.74, 6) is 0.201. The van der Waals surface area contributed by atoms with E-state index in [2.05, 4.69) is 45.2 Å². The normalized spacial score (nSPS) is 23.6. The van der Waals surface area contributed by atoms with Crippen LogP contribution in [0, 0.1) is 5.41 Å². The van der Waals surface area contributed by atoms with E-state index < -0.39 is 0 Å². The lowest BCUT2D eigenvalue weighted by atomic mass is 9.79. The molecule has 2 saturated heterocycles. The lowest BCUT2D eigenvalue weighted by molar-refractivity contribution is -0.131. The largest absolute Gasteiger partial charge is 0.340 e. The molecule has 3 heterocycles. The van der Waals surface area contributed by atoms with E-state index >= 15 is 0 Å². The molecule has 2 aliphatic rings. The van der Waals surface area contributed by atoms with Gasteiger partial charge in [0, 0.05) is 44.0 Å². The van der Waals surface area contributed by atoms with Crippen LogP contribution in [0.1, 0.15) is 24.8 Å². The maximum absolute atomic E-state index is 12.6. The van der Waals surface area contributed by atoms with Crippen molar-refractivity contribution >= 4 is 5.91 Å². The van der Waals surface area contributed by atoms with Gasteiger partial charge < -0.3 is 9.80 Å². The monoisotopic (exact) mass is 352 g/mol. The number of benzene rings is 1. The first-order valence-electron chi connectivity index (χ1n) is 9.74. The fourth-order valence-corrected chi connectivity index (χ4v) is 4.55. The number of piperidine rings is 1. The summed E-state index contributed by atoms with van der Waals surface area (Å²) in [6, 6.07) is 12.6. The zero-order chi connectivity index (χ0) is 17.8. The molecule has 0 saturated carbocycles. The molecule has 2 aromatic rings. The van der Waals surface area contributed by atoms with Gasteiger partial charge in [0.15, 0.2) is 0 Å². The summed E-state index contributed by atoms with van der Waals surface area (Å²) >= 11 is 0. The maximum atomic E-state index is 12.6. The van der Waals surface area contributed by atoms with Crippen LogP contribution >= 0.6 is 0 Å². The molecule has 138 valence electrons. The Morgan fingerprint density at radius 1 is 1.08 bits per heavy atom. The van der Waals surface area contributed by atoms with Gasteiger partial charge in [0.25, 0.3) is 0 Å². The van der Waals surface area contributed by atoms with Crippen molar-refractivity contribution < 1.29 is 4.79 Å². The van der Waals surface area contributed by atoms with Gasteiger partial charge in [0.2, 0.25) is 5.91 Å². The Kier molecular flexibility index (Phi) is 5.07. The van der Waals surface area contributed by atoms with E-state index in [1.807, 2.05) is 12.3 Å². The summed E-state index contributed by atoms with van der Waals surface area (Å²) in [5.41, 5.74) is 1.71. The summed E-state index contributed by atoms with van der Waals surface area (Å²) < 4.78 is 1.72. The summed E-state index contributed by atoms with van der Waals surface area (Å²) in [6.45, 7) is 5.61. The molecule has 1 aromatic heterocycles. The Labute approximate surface area is 155 Å². The van der Waals surface area contributed by atoms with Gasteiger partial charge in [0.1, 0.15) is 6.54 Å². The fraction of sp³-hybridized carbons (Fsp3) is 0.524.